The molecule has 0 fully saturated rings. The third kappa shape index (κ3) is 2.44. The summed E-state index contributed by atoms with van der Waals surface area (Å²) >= 11 is 0. The normalized spacial score (nSPS) is 24.9. The van der Waals surface area contributed by atoms with Gasteiger partial charge in [-0.25, -0.2) is 0 Å². The molecule has 0 N–H and O–H groups in total. The molecular formula is C32H28. The Balaban J connectivity index is 1.58. The lowest BCUT2D eigenvalue weighted by Gasteiger charge is -2.45. The van der Waals surface area contributed by atoms with Gasteiger partial charge in [0.1, 0.15) is 0 Å². The van der Waals surface area contributed by atoms with E-state index in [-0.39, 0.29) is 0 Å². The van der Waals surface area contributed by atoms with Crippen molar-refractivity contribution in [3.05, 3.63) is 123 Å². The van der Waals surface area contributed by atoms with Gasteiger partial charge in [-0.15, -0.1) is 0 Å². The van der Waals surface area contributed by atoms with Gasteiger partial charge in [-0.3, -0.25) is 0 Å². The molecule has 0 heterocycles. The number of hydrogen-bond donors (Lipinski definition) is 0. The van der Waals surface area contributed by atoms with Crippen LogP contribution in [0.4, 0.5) is 0 Å². The molecular weight excluding hydrogens is 384 g/mol. The molecule has 156 valence electrons. The van der Waals surface area contributed by atoms with Crippen LogP contribution in [0, 0.1) is 19.8 Å². The first-order chi connectivity index (χ1) is 15.7. The Kier molecular flexibility index (Phi) is 3.86. The smallest absolute Gasteiger partial charge is 0.0139 e. The molecule has 0 bridgehead atoms. The summed E-state index contributed by atoms with van der Waals surface area (Å²) in [5.74, 6) is 1.62. The van der Waals surface area contributed by atoms with Crippen molar-refractivity contribution in [1.29, 1.82) is 0 Å². The second-order valence-corrected chi connectivity index (χ2v) is 10.1. The Morgan fingerprint density at radius 1 is 0.750 bits per heavy atom. The van der Waals surface area contributed by atoms with Crippen LogP contribution < -0.4 is 0 Å². The maximum atomic E-state index is 2.57. The van der Waals surface area contributed by atoms with Gasteiger partial charge in [-0.05, 0) is 99.9 Å². The number of allylic oxidation sites excluding steroid dienone is 7. The van der Waals surface area contributed by atoms with Crippen LogP contribution in [0.25, 0.3) is 16.8 Å². The van der Waals surface area contributed by atoms with Gasteiger partial charge in [0.25, 0.3) is 0 Å². The summed E-state index contributed by atoms with van der Waals surface area (Å²) in [6.07, 6.45) is 15.6. The Labute approximate surface area is 190 Å². The zero-order valence-corrected chi connectivity index (χ0v) is 18.9. The van der Waals surface area contributed by atoms with Crippen LogP contribution in [-0.2, 0) is 6.42 Å². The van der Waals surface area contributed by atoms with E-state index < -0.39 is 0 Å². The lowest BCUT2D eigenvalue weighted by molar-refractivity contribution is 0.492. The van der Waals surface area contributed by atoms with E-state index in [1.807, 2.05) is 0 Å². The summed E-state index contributed by atoms with van der Waals surface area (Å²) in [4.78, 5) is 0. The zero-order chi connectivity index (χ0) is 21.4. The molecule has 0 radical (unpaired) electrons. The molecule has 3 unspecified atom stereocenters. The highest BCUT2D eigenvalue weighted by molar-refractivity contribution is 5.93. The van der Waals surface area contributed by atoms with Crippen molar-refractivity contribution in [3.63, 3.8) is 0 Å². The van der Waals surface area contributed by atoms with Gasteiger partial charge in [-0.2, -0.15) is 0 Å². The Morgan fingerprint density at radius 3 is 2.25 bits per heavy atom. The van der Waals surface area contributed by atoms with E-state index >= 15 is 0 Å². The molecule has 0 amide bonds. The summed E-state index contributed by atoms with van der Waals surface area (Å²) < 4.78 is 0. The number of aryl methyl sites for hydroxylation is 2. The highest BCUT2D eigenvalue weighted by Gasteiger charge is 2.42. The molecule has 4 aliphatic carbocycles. The first-order valence-corrected chi connectivity index (χ1v) is 12.1. The average Bonchev–Trinajstić information content (AvgIpc) is 2.84. The minimum atomic E-state index is 0.460. The Morgan fingerprint density at radius 2 is 1.44 bits per heavy atom. The molecule has 0 aliphatic heterocycles. The largest absolute Gasteiger partial charge is 0.0839 e. The summed E-state index contributed by atoms with van der Waals surface area (Å²) in [5.41, 5.74) is 13.9. The fourth-order valence-corrected chi connectivity index (χ4v) is 7.07. The highest BCUT2D eigenvalue weighted by Crippen LogP contribution is 2.57. The van der Waals surface area contributed by atoms with Gasteiger partial charge < -0.3 is 0 Å². The van der Waals surface area contributed by atoms with E-state index in [4.69, 9.17) is 0 Å². The van der Waals surface area contributed by atoms with E-state index in [0.29, 0.717) is 17.8 Å². The molecule has 3 aromatic carbocycles. The maximum Gasteiger partial charge on any atom is 0.0139 e. The molecule has 0 aromatic heterocycles. The van der Waals surface area contributed by atoms with Crippen molar-refractivity contribution < 1.29 is 0 Å². The molecule has 0 saturated carbocycles. The lowest BCUT2D eigenvalue weighted by atomic mass is 9.59. The minimum absolute atomic E-state index is 0.460. The van der Waals surface area contributed by atoms with Crippen LogP contribution in [0.1, 0.15) is 58.1 Å². The van der Waals surface area contributed by atoms with Crippen molar-refractivity contribution >= 4 is 16.8 Å². The number of benzene rings is 3. The molecule has 32 heavy (non-hydrogen) atoms. The second kappa shape index (κ2) is 6.69. The minimum Gasteiger partial charge on any atom is -0.0839 e. The molecule has 7 rings (SSSR count). The molecule has 0 heteroatoms. The van der Waals surface area contributed by atoms with Crippen LogP contribution in [0.15, 0.2) is 89.6 Å². The predicted octanol–water partition coefficient (Wildman–Crippen LogP) is 8.11. The van der Waals surface area contributed by atoms with E-state index in [0.717, 1.165) is 6.42 Å². The van der Waals surface area contributed by atoms with Crippen LogP contribution in [0.5, 0.6) is 0 Å². The molecule has 0 spiro atoms. The van der Waals surface area contributed by atoms with E-state index in [1.165, 1.54) is 51.4 Å². The number of rotatable bonds is 0. The highest BCUT2D eigenvalue weighted by atomic mass is 14.5. The van der Waals surface area contributed by atoms with Crippen molar-refractivity contribution in [3.8, 4) is 0 Å². The fourth-order valence-electron chi connectivity index (χ4n) is 7.07. The average molecular weight is 413 g/mol. The number of fused-ring (bicyclic) bond motifs is 9. The summed E-state index contributed by atoms with van der Waals surface area (Å²) in [6, 6.07) is 18.1. The van der Waals surface area contributed by atoms with Crippen LogP contribution in [0.2, 0.25) is 0 Å². The topological polar surface area (TPSA) is 0 Å². The predicted molar refractivity (Wildman–Crippen MR) is 135 cm³/mol. The monoisotopic (exact) mass is 412 g/mol. The van der Waals surface area contributed by atoms with Crippen molar-refractivity contribution in [1.82, 2.24) is 0 Å². The Bertz CT molecular complexity index is 1420. The Hall–Kier alpha value is -3.12. The fraction of sp³-hybridized carbons (Fsp3) is 0.250. The van der Waals surface area contributed by atoms with Gasteiger partial charge in [-0.1, -0.05) is 78.9 Å². The van der Waals surface area contributed by atoms with Gasteiger partial charge in [0, 0.05) is 11.8 Å². The van der Waals surface area contributed by atoms with Gasteiger partial charge in [0.15, 0.2) is 0 Å². The number of hydrogen-bond acceptors (Lipinski definition) is 0. The van der Waals surface area contributed by atoms with E-state index in [1.54, 1.807) is 22.3 Å². The van der Waals surface area contributed by atoms with Crippen LogP contribution in [0.3, 0.4) is 0 Å². The van der Waals surface area contributed by atoms with Gasteiger partial charge >= 0.3 is 0 Å². The van der Waals surface area contributed by atoms with Crippen molar-refractivity contribution in [2.24, 2.45) is 5.92 Å². The van der Waals surface area contributed by atoms with Crippen LogP contribution >= 0.6 is 0 Å². The second-order valence-electron chi connectivity index (χ2n) is 10.1. The van der Waals surface area contributed by atoms with Crippen molar-refractivity contribution in [2.75, 3.05) is 0 Å². The van der Waals surface area contributed by atoms with E-state index in [9.17, 15) is 0 Å². The third-order valence-corrected chi connectivity index (χ3v) is 8.56. The quantitative estimate of drug-likeness (QED) is 0.350. The van der Waals surface area contributed by atoms with Gasteiger partial charge in [0.05, 0.1) is 0 Å². The zero-order valence-electron chi connectivity index (χ0n) is 18.9. The molecule has 0 saturated heterocycles. The third-order valence-electron chi connectivity index (χ3n) is 8.56. The van der Waals surface area contributed by atoms with Crippen LogP contribution in [-0.4, -0.2) is 0 Å². The molecule has 3 atom stereocenters. The maximum absolute atomic E-state index is 2.57. The van der Waals surface area contributed by atoms with E-state index in [2.05, 4.69) is 92.8 Å². The van der Waals surface area contributed by atoms with Gasteiger partial charge in [0.2, 0.25) is 0 Å². The first-order valence-electron chi connectivity index (χ1n) is 12.1. The molecule has 0 nitrogen and oxygen atoms in total. The standard InChI is InChI=1S/C32H28/c1-19-25-13-7-8-14-26(25)20(2)32-30-18-24-12-6-4-10-22(24)16-28(30)27-15-21-9-3-5-11-23(21)17-29(27)31(19)32/h3-11,13-16,24,29-30H,12,17-18H2,1-2H3. The molecule has 4 aliphatic rings. The summed E-state index contributed by atoms with van der Waals surface area (Å²) in [6.45, 7) is 4.76. The first kappa shape index (κ1) is 18.5. The van der Waals surface area contributed by atoms with Crippen molar-refractivity contribution in [2.45, 2.75) is 44.9 Å². The summed E-state index contributed by atoms with van der Waals surface area (Å²) in [5, 5.41) is 2.88. The summed E-state index contributed by atoms with van der Waals surface area (Å²) in [7, 11) is 0. The molecule has 3 aromatic rings. The lowest BCUT2D eigenvalue weighted by Crippen LogP contribution is -2.29. The SMILES string of the molecule is Cc1c2c(c(C)c3ccccc13)C1CC3CC=CC=C3C=C1C1=Cc3ccccc3CC12.